The molecular formula is C18H18N4O3. The molecule has 0 aliphatic carbocycles. The first-order valence-corrected chi connectivity index (χ1v) is 8.08. The number of ketones is 1. The number of rotatable bonds is 4. The Morgan fingerprint density at radius 3 is 2.64 bits per heavy atom. The van der Waals surface area contributed by atoms with Crippen LogP contribution >= 0.6 is 0 Å². The molecule has 0 radical (unpaired) electrons. The van der Waals surface area contributed by atoms with Crippen LogP contribution in [0.25, 0.3) is 0 Å². The lowest BCUT2D eigenvalue weighted by Gasteiger charge is -2.16. The highest BCUT2D eigenvalue weighted by atomic mass is 16.2. The number of nitrogens with zero attached hydrogens (tertiary/aromatic N) is 3. The Labute approximate surface area is 145 Å². The van der Waals surface area contributed by atoms with Gasteiger partial charge in [-0.1, -0.05) is 25.1 Å². The van der Waals surface area contributed by atoms with Crippen LogP contribution in [-0.2, 0) is 4.79 Å². The molecule has 1 aromatic heterocycles. The highest BCUT2D eigenvalue weighted by Crippen LogP contribution is 2.38. The number of aromatic nitrogens is 2. The quantitative estimate of drug-likeness (QED) is 0.681. The van der Waals surface area contributed by atoms with Gasteiger partial charge in [-0.3, -0.25) is 14.6 Å². The zero-order chi connectivity index (χ0) is 18.0. The number of hydrogen-bond acceptors (Lipinski definition) is 5. The number of imide groups is 1. The molecule has 7 nitrogen and oxygen atoms in total. The molecule has 1 aliphatic heterocycles. The number of carbonyl (C=O) groups excluding carboxylic acids is 3. The maximum atomic E-state index is 12.8. The molecule has 128 valence electrons. The molecule has 25 heavy (non-hydrogen) atoms. The number of hydrogen-bond donors (Lipinski definition) is 1. The van der Waals surface area contributed by atoms with Gasteiger partial charge in [-0.2, -0.15) is 0 Å². The fourth-order valence-corrected chi connectivity index (χ4v) is 2.76. The van der Waals surface area contributed by atoms with Crippen molar-refractivity contribution in [2.75, 3.05) is 11.4 Å². The van der Waals surface area contributed by atoms with Crippen molar-refractivity contribution in [2.45, 2.75) is 26.2 Å². The minimum absolute atomic E-state index is 0.106. The smallest absolute Gasteiger partial charge is 0.328 e. The third-order valence-electron chi connectivity index (χ3n) is 3.98. The Morgan fingerprint density at radius 1 is 1.20 bits per heavy atom. The largest absolute Gasteiger partial charge is 0.337 e. The summed E-state index contributed by atoms with van der Waals surface area (Å²) >= 11 is 0. The number of urea groups is 1. The summed E-state index contributed by atoms with van der Waals surface area (Å²) in [5, 5.41) is 2.68. The normalized spacial score (nSPS) is 15.8. The monoisotopic (exact) mass is 338 g/mol. The molecule has 0 saturated carbocycles. The van der Waals surface area contributed by atoms with Gasteiger partial charge in [-0.15, -0.1) is 0 Å². The fraction of sp³-hybridized carbons (Fsp3) is 0.278. The topological polar surface area (TPSA) is 92.3 Å². The van der Waals surface area contributed by atoms with E-state index in [0.717, 1.165) is 11.3 Å². The molecule has 0 unspecified atom stereocenters. The molecule has 1 atom stereocenters. The van der Waals surface area contributed by atoms with Crippen molar-refractivity contribution in [3.05, 3.63) is 53.6 Å². The van der Waals surface area contributed by atoms with E-state index >= 15 is 0 Å². The summed E-state index contributed by atoms with van der Waals surface area (Å²) in [6, 6.07) is 6.28. The number of benzene rings is 1. The summed E-state index contributed by atoms with van der Waals surface area (Å²) in [5.41, 5.74) is 1.72. The zero-order valence-electron chi connectivity index (χ0n) is 14.0. The molecule has 0 spiro atoms. The molecule has 0 bridgehead atoms. The number of anilines is 1. The van der Waals surface area contributed by atoms with Crippen molar-refractivity contribution in [2.24, 2.45) is 0 Å². The van der Waals surface area contributed by atoms with Crippen molar-refractivity contribution < 1.29 is 14.4 Å². The van der Waals surface area contributed by atoms with Crippen molar-refractivity contribution >= 4 is 23.4 Å². The molecule has 7 heteroatoms. The van der Waals surface area contributed by atoms with E-state index in [-0.39, 0.29) is 5.69 Å². The minimum Gasteiger partial charge on any atom is -0.337 e. The van der Waals surface area contributed by atoms with Crippen molar-refractivity contribution in [1.29, 1.82) is 0 Å². The summed E-state index contributed by atoms with van der Waals surface area (Å²) in [7, 11) is 0. The van der Waals surface area contributed by atoms with Crippen LogP contribution in [0.4, 0.5) is 10.5 Å². The van der Waals surface area contributed by atoms with Gasteiger partial charge in [-0.25, -0.2) is 14.7 Å². The van der Waals surface area contributed by atoms with E-state index in [9.17, 15) is 14.4 Å². The van der Waals surface area contributed by atoms with E-state index < -0.39 is 23.6 Å². The summed E-state index contributed by atoms with van der Waals surface area (Å²) < 4.78 is 0. The van der Waals surface area contributed by atoms with Crippen LogP contribution in [0.1, 0.15) is 41.0 Å². The van der Waals surface area contributed by atoms with Gasteiger partial charge in [-0.05, 0) is 25.0 Å². The second-order valence-corrected chi connectivity index (χ2v) is 5.80. The highest BCUT2D eigenvalue weighted by molar-refractivity contribution is 6.29. The van der Waals surface area contributed by atoms with Crippen LogP contribution < -0.4 is 10.2 Å². The fourth-order valence-electron chi connectivity index (χ4n) is 2.76. The third-order valence-corrected chi connectivity index (χ3v) is 3.98. The standard InChI is InChI=1S/C18H18N4O3/c1-3-8-19-18(25)22-14-7-5-4-6-12(14)15(17(22)24)16(23)13-10-20-11(2)9-21-13/h4-7,9-10,15H,3,8H2,1-2H3,(H,19,25)/t15-/m0/s1. The van der Waals surface area contributed by atoms with Crippen LogP contribution in [0.3, 0.4) is 0 Å². The van der Waals surface area contributed by atoms with Gasteiger partial charge < -0.3 is 5.32 Å². The van der Waals surface area contributed by atoms with Crippen molar-refractivity contribution in [3.63, 3.8) is 0 Å². The van der Waals surface area contributed by atoms with Gasteiger partial charge in [0.1, 0.15) is 11.6 Å². The molecule has 1 aromatic carbocycles. The average molecular weight is 338 g/mol. The summed E-state index contributed by atoms with van der Waals surface area (Å²) in [4.78, 5) is 47.2. The number of Topliss-reactive ketones (excluding diaryl/α,β-unsaturated/α-hetero) is 1. The first kappa shape index (κ1) is 16.8. The molecule has 1 N–H and O–H groups in total. The van der Waals surface area contributed by atoms with Crippen LogP contribution in [0.5, 0.6) is 0 Å². The van der Waals surface area contributed by atoms with Crippen LogP contribution in [-0.4, -0.2) is 34.2 Å². The molecule has 3 amide bonds. The lowest BCUT2D eigenvalue weighted by atomic mass is 9.94. The molecule has 2 aromatic rings. The first-order chi connectivity index (χ1) is 12.0. The molecule has 3 rings (SSSR count). The van der Waals surface area contributed by atoms with Crippen molar-refractivity contribution in [3.8, 4) is 0 Å². The van der Waals surface area contributed by atoms with Crippen LogP contribution in [0.2, 0.25) is 0 Å². The summed E-state index contributed by atoms with van der Waals surface area (Å²) in [5.74, 6) is -2.11. The minimum atomic E-state index is -1.08. The predicted octanol–water partition coefficient (Wildman–Crippen LogP) is 2.22. The maximum Gasteiger partial charge on any atom is 0.328 e. The summed E-state index contributed by atoms with van der Waals surface area (Å²) in [6.07, 6.45) is 3.58. The molecule has 0 fully saturated rings. The molecule has 1 aliphatic rings. The van der Waals surface area contributed by atoms with Gasteiger partial charge in [0.05, 0.1) is 17.6 Å². The van der Waals surface area contributed by atoms with E-state index in [2.05, 4.69) is 15.3 Å². The Morgan fingerprint density at radius 2 is 1.96 bits per heavy atom. The van der Waals surface area contributed by atoms with Gasteiger partial charge in [0.15, 0.2) is 5.78 Å². The van der Waals surface area contributed by atoms with E-state index in [1.807, 2.05) is 6.92 Å². The third kappa shape index (κ3) is 3.00. The lowest BCUT2D eigenvalue weighted by molar-refractivity contribution is -0.117. The summed E-state index contributed by atoms with van der Waals surface area (Å²) in [6.45, 7) is 4.13. The second-order valence-electron chi connectivity index (χ2n) is 5.80. The predicted molar refractivity (Wildman–Crippen MR) is 91.5 cm³/mol. The Bertz CT molecular complexity index is 832. The van der Waals surface area contributed by atoms with E-state index in [1.54, 1.807) is 31.2 Å². The van der Waals surface area contributed by atoms with Crippen molar-refractivity contribution in [1.82, 2.24) is 15.3 Å². The molecular weight excluding hydrogens is 320 g/mol. The van der Waals surface area contributed by atoms with E-state index in [4.69, 9.17) is 0 Å². The number of nitrogens with one attached hydrogen (secondary N) is 1. The Balaban J connectivity index is 1.98. The SMILES string of the molecule is CCCNC(=O)N1C(=O)[C@H](C(=O)c2cnc(C)cn2)c2ccccc21. The number of fused-ring (bicyclic) bond motifs is 1. The van der Waals surface area contributed by atoms with Gasteiger partial charge in [0.2, 0.25) is 0 Å². The number of aryl methyl sites for hydroxylation is 1. The first-order valence-electron chi connectivity index (χ1n) is 8.08. The average Bonchev–Trinajstić information content (AvgIpc) is 2.91. The Hall–Kier alpha value is -3.09. The van der Waals surface area contributed by atoms with E-state index in [0.29, 0.717) is 23.5 Å². The Kier molecular flexibility index (Phi) is 4.56. The second kappa shape index (κ2) is 6.80. The molecule has 2 heterocycles. The van der Waals surface area contributed by atoms with Crippen LogP contribution in [0, 0.1) is 6.92 Å². The van der Waals surface area contributed by atoms with E-state index in [1.165, 1.54) is 12.4 Å². The van der Waals surface area contributed by atoms with Gasteiger partial charge >= 0.3 is 6.03 Å². The highest BCUT2D eigenvalue weighted by Gasteiger charge is 2.45. The van der Waals surface area contributed by atoms with Gasteiger partial charge in [0.25, 0.3) is 5.91 Å². The number of para-hydroxylation sites is 1. The lowest BCUT2D eigenvalue weighted by Crippen LogP contribution is -2.43. The zero-order valence-corrected chi connectivity index (χ0v) is 14.0. The number of amides is 3. The maximum absolute atomic E-state index is 12.8. The number of carbonyl (C=O) groups is 3. The van der Waals surface area contributed by atoms with Gasteiger partial charge in [0, 0.05) is 12.7 Å². The van der Waals surface area contributed by atoms with Crippen LogP contribution in [0.15, 0.2) is 36.7 Å². The molecule has 0 saturated heterocycles.